The number of nitrogens with one attached hydrogen (secondary N) is 1. The molecule has 1 aliphatic heterocycles. The second kappa shape index (κ2) is 9.10. The summed E-state index contributed by atoms with van der Waals surface area (Å²) < 4.78 is 0. The lowest BCUT2D eigenvalue weighted by atomic mass is 10.2. The zero-order valence-corrected chi connectivity index (χ0v) is 16.0. The predicted molar refractivity (Wildman–Crippen MR) is 108 cm³/mol. The number of rotatable bonds is 7. The van der Waals surface area contributed by atoms with E-state index < -0.39 is 0 Å². The van der Waals surface area contributed by atoms with E-state index in [1.54, 1.807) is 28.8 Å². The number of carbonyl (C=O) groups excluding carboxylic acids is 2. The highest BCUT2D eigenvalue weighted by atomic mass is 35.5. The fourth-order valence-corrected chi connectivity index (χ4v) is 3.99. The Bertz CT molecular complexity index is 780. The minimum Gasteiger partial charge on any atom is -0.351 e. The molecule has 26 heavy (non-hydrogen) atoms. The summed E-state index contributed by atoms with van der Waals surface area (Å²) in [5, 5.41) is 3.70. The summed E-state index contributed by atoms with van der Waals surface area (Å²) in [4.78, 5) is 25.7. The fourth-order valence-electron chi connectivity index (χ4n) is 2.85. The van der Waals surface area contributed by atoms with Crippen LogP contribution in [-0.2, 0) is 10.5 Å². The molecule has 1 saturated heterocycles. The Balaban J connectivity index is 1.42. The van der Waals surface area contributed by atoms with Crippen LogP contribution >= 0.6 is 23.4 Å². The molecule has 0 saturated carbocycles. The molecule has 0 aromatic heterocycles. The van der Waals surface area contributed by atoms with Crippen molar-refractivity contribution < 1.29 is 9.59 Å². The topological polar surface area (TPSA) is 49.4 Å². The number of nitrogens with zero attached hydrogens (tertiary/aromatic N) is 1. The Labute approximate surface area is 162 Å². The molecule has 4 nitrogen and oxygen atoms in total. The zero-order valence-electron chi connectivity index (χ0n) is 14.4. The Morgan fingerprint density at radius 3 is 2.62 bits per heavy atom. The molecule has 0 spiro atoms. The van der Waals surface area contributed by atoms with E-state index in [1.807, 2.05) is 36.4 Å². The highest BCUT2D eigenvalue weighted by Crippen LogP contribution is 2.22. The van der Waals surface area contributed by atoms with Gasteiger partial charge in [-0.15, -0.1) is 0 Å². The van der Waals surface area contributed by atoms with Gasteiger partial charge in [-0.1, -0.05) is 29.8 Å². The number of hydrogen-bond acceptors (Lipinski definition) is 3. The summed E-state index contributed by atoms with van der Waals surface area (Å²) >= 11 is 7.86. The van der Waals surface area contributed by atoms with Gasteiger partial charge in [-0.3, -0.25) is 9.59 Å². The molecule has 1 N–H and O–H groups in total. The molecule has 0 atom stereocenters. The number of thioether (sulfide) groups is 1. The first-order chi connectivity index (χ1) is 12.6. The first-order valence-corrected chi connectivity index (χ1v) is 10.2. The molecular weight excluding hydrogens is 368 g/mol. The third kappa shape index (κ3) is 4.80. The Hall–Kier alpha value is -1.98. The van der Waals surface area contributed by atoms with Crippen LogP contribution in [0.4, 0.5) is 5.69 Å². The first-order valence-electron chi connectivity index (χ1n) is 8.65. The second-order valence-corrected chi connectivity index (χ2v) is 7.61. The lowest BCUT2D eigenvalue weighted by molar-refractivity contribution is -0.117. The molecule has 0 bridgehead atoms. The molecule has 0 radical (unpaired) electrons. The van der Waals surface area contributed by atoms with Gasteiger partial charge in [0.25, 0.3) is 5.91 Å². The summed E-state index contributed by atoms with van der Waals surface area (Å²) in [6.07, 6.45) is 1.50. The van der Waals surface area contributed by atoms with E-state index in [-0.39, 0.29) is 11.8 Å². The van der Waals surface area contributed by atoms with Crippen LogP contribution in [0, 0.1) is 0 Å². The largest absolute Gasteiger partial charge is 0.351 e. The average molecular weight is 389 g/mol. The maximum absolute atomic E-state index is 12.2. The Kier molecular flexibility index (Phi) is 6.58. The maximum Gasteiger partial charge on any atom is 0.251 e. The van der Waals surface area contributed by atoms with Gasteiger partial charge in [0, 0.05) is 47.3 Å². The molecule has 1 heterocycles. The molecule has 1 fully saturated rings. The van der Waals surface area contributed by atoms with Crippen molar-refractivity contribution in [1.29, 1.82) is 0 Å². The molecule has 0 unspecified atom stereocenters. The highest BCUT2D eigenvalue weighted by molar-refractivity contribution is 7.98. The summed E-state index contributed by atoms with van der Waals surface area (Å²) in [7, 11) is 0. The van der Waals surface area contributed by atoms with Crippen LogP contribution in [0.1, 0.15) is 28.8 Å². The van der Waals surface area contributed by atoms with E-state index in [0.29, 0.717) is 18.5 Å². The van der Waals surface area contributed by atoms with Crippen LogP contribution in [0.2, 0.25) is 5.02 Å². The van der Waals surface area contributed by atoms with Gasteiger partial charge in [0.2, 0.25) is 5.91 Å². The third-order valence-corrected chi connectivity index (χ3v) is 5.64. The molecule has 2 aromatic carbocycles. The van der Waals surface area contributed by atoms with Crippen molar-refractivity contribution in [1.82, 2.24) is 5.32 Å². The summed E-state index contributed by atoms with van der Waals surface area (Å²) in [6.45, 7) is 1.35. The van der Waals surface area contributed by atoms with Gasteiger partial charge < -0.3 is 10.2 Å². The van der Waals surface area contributed by atoms with Gasteiger partial charge in [0.15, 0.2) is 0 Å². The van der Waals surface area contributed by atoms with Crippen molar-refractivity contribution in [3.63, 3.8) is 0 Å². The summed E-state index contributed by atoms with van der Waals surface area (Å²) in [5.74, 6) is 1.70. The fraction of sp³-hybridized carbons (Fsp3) is 0.300. The van der Waals surface area contributed by atoms with Crippen molar-refractivity contribution in [2.75, 3.05) is 23.7 Å². The van der Waals surface area contributed by atoms with Gasteiger partial charge in [0.1, 0.15) is 0 Å². The average Bonchev–Trinajstić information content (AvgIpc) is 3.09. The second-order valence-electron chi connectivity index (χ2n) is 6.10. The Morgan fingerprint density at radius 2 is 1.92 bits per heavy atom. The molecule has 2 amide bonds. The van der Waals surface area contributed by atoms with Crippen LogP contribution in [0.25, 0.3) is 0 Å². The zero-order chi connectivity index (χ0) is 18.4. The van der Waals surface area contributed by atoms with Crippen LogP contribution in [0.5, 0.6) is 0 Å². The van der Waals surface area contributed by atoms with E-state index in [0.717, 1.165) is 40.7 Å². The maximum atomic E-state index is 12.2. The van der Waals surface area contributed by atoms with Crippen LogP contribution in [-0.4, -0.2) is 30.7 Å². The number of anilines is 1. The monoisotopic (exact) mass is 388 g/mol. The molecule has 6 heteroatoms. The van der Waals surface area contributed by atoms with E-state index >= 15 is 0 Å². The molecule has 1 aliphatic rings. The van der Waals surface area contributed by atoms with Crippen molar-refractivity contribution >= 4 is 40.9 Å². The van der Waals surface area contributed by atoms with Crippen LogP contribution < -0.4 is 10.2 Å². The molecule has 3 rings (SSSR count). The van der Waals surface area contributed by atoms with Gasteiger partial charge >= 0.3 is 0 Å². The minimum atomic E-state index is -0.0948. The standard InChI is InChI=1S/C20H21ClN2O2S/c21-18-5-2-1-4-16(18)14-26-13-11-22-20(25)15-7-9-17(10-8-15)23-12-3-6-19(23)24/h1-2,4-5,7-10H,3,6,11-14H2,(H,22,25). The van der Waals surface area contributed by atoms with Crippen molar-refractivity contribution in [3.05, 3.63) is 64.7 Å². The number of benzene rings is 2. The van der Waals surface area contributed by atoms with Gasteiger partial charge in [-0.2, -0.15) is 11.8 Å². The number of carbonyl (C=O) groups is 2. The van der Waals surface area contributed by atoms with Gasteiger partial charge in [-0.25, -0.2) is 0 Å². The molecular formula is C20H21ClN2O2S. The minimum absolute atomic E-state index is 0.0948. The molecule has 136 valence electrons. The molecule has 2 aromatic rings. The predicted octanol–water partition coefficient (Wildman–Crippen LogP) is 4.13. The lowest BCUT2D eigenvalue weighted by Crippen LogP contribution is -2.26. The number of amides is 2. The number of hydrogen-bond donors (Lipinski definition) is 1. The number of halogens is 1. The summed E-state index contributed by atoms with van der Waals surface area (Å²) in [5.41, 5.74) is 2.58. The van der Waals surface area contributed by atoms with Gasteiger partial charge in [0.05, 0.1) is 0 Å². The summed E-state index contributed by atoms with van der Waals surface area (Å²) in [6, 6.07) is 15.0. The Morgan fingerprint density at radius 1 is 1.15 bits per heavy atom. The van der Waals surface area contributed by atoms with Gasteiger partial charge in [-0.05, 0) is 42.3 Å². The van der Waals surface area contributed by atoms with Crippen molar-refractivity contribution in [2.24, 2.45) is 0 Å². The molecule has 0 aliphatic carbocycles. The van der Waals surface area contributed by atoms with Crippen molar-refractivity contribution in [3.8, 4) is 0 Å². The SMILES string of the molecule is O=C(NCCSCc1ccccc1Cl)c1ccc(N2CCCC2=O)cc1. The van der Waals surface area contributed by atoms with E-state index in [4.69, 9.17) is 11.6 Å². The quantitative estimate of drug-likeness (QED) is 0.725. The van der Waals surface area contributed by atoms with Crippen LogP contribution in [0.3, 0.4) is 0 Å². The normalized spacial score (nSPS) is 13.9. The van der Waals surface area contributed by atoms with Crippen LogP contribution in [0.15, 0.2) is 48.5 Å². The third-order valence-electron chi connectivity index (χ3n) is 4.26. The van der Waals surface area contributed by atoms with E-state index in [1.165, 1.54) is 0 Å². The van der Waals surface area contributed by atoms with E-state index in [9.17, 15) is 9.59 Å². The lowest BCUT2D eigenvalue weighted by Gasteiger charge is -2.15. The first kappa shape index (κ1) is 18.8. The smallest absolute Gasteiger partial charge is 0.251 e. The van der Waals surface area contributed by atoms with Crippen molar-refractivity contribution in [2.45, 2.75) is 18.6 Å². The van der Waals surface area contributed by atoms with E-state index in [2.05, 4.69) is 5.32 Å². The highest BCUT2D eigenvalue weighted by Gasteiger charge is 2.21.